The van der Waals surface area contributed by atoms with E-state index in [2.05, 4.69) is 37.6 Å². The molecule has 0 aliphatic heterocycles. The van der Waals surface area contributed by atoms with Gasteiger partial charge >= 0.3 is 0 Å². The molecule has 0 saturated heterocycles. The van der Waals surface area contributed by atoms with Crippen LogP contribution < -0.4 is 0 Å². The molecule has 0 aliphatic carbocycles. The lowest BCUT2D eigenvalue weighted by Crippen LogP contribution is -2.19. The minimum Gasteiger partial charge on any atom is -0.377 e. The number of nitrogens with zero attached hydrogens (tertiary/aromatic N) is 1. The van der Waals surface area contributed by atoms with Gasteiger partial charge < -0.3 is 9.64 Å². The van der Waals surface area contributed by atoms with E-state index in [4.69, 9.17) is 0 Å². The molecule has 3 nitrogen and oxygen atoms in total. The van der Waals surface area contributed by atoms with Crippen LogP contribution in [0.25, 0.3) is 0 Å². The van der Waals surface area contributed by atoms with Crippen molar-refractivity contribution in [2.45, 2.75) is 33.6 Å². The van der Waals surface area contributed by atoms with Crippen LogP contribution in [0.1, 0.15) is 33.6 Å². The number of carbonyl (C=O) groups is 1. The highest BCUT2D eigenvalue weighted by atomic mass is 16.5. The fraction of sp³-hybridized carbons (Fsp3) is 0.917. The number of carbonyl (C=O) groups excluding carboxylic acids is 1. The summed E-state index contributed by atoms with van der Waals surface area (Å²) in [6, 6.07) is 0. The van der Waals surface area contributed by atoms with Gasteiger partial charge in [0.05, 0.1) is 0 Å². The molecule has 0 fully saturated rings. The van der Waals surface area contributed by atoms with E-state index in [1.54, 1.807) is 0 Å². The van der Waals surface area contributed by atoms with Crippen molar-refractivity contribution in [3.8, 4) is 0 Å². The first-order valence-electron chi connectivity index (χ1n) is 5.57. The number of ether oxygens (including phenoxy) is 1. The average molecular weight is 217 g/mol. The van der Waals surface area contributed by atoms with E-state index in [1.165, 1.54) is 33.4 Å². The summed E-state index contributed by atoms with van der Waals surface area (Å²) in [5.41, 5.74) is 0. The molecule has 92 valence electrons. The minimum atomic E-state index is 0.0671. The Morgan fingerprint density at radius 1 is 1.40 bits per heavy atom. The largest absolute Gasteiger partial charge is 0.377 e. The summed E-state index contributed by atoms with van der Waals surface area (Å²) in [7, 11) is 5.76. The van der Waals surface area contributed by atoms with Gasteiger partial charge in [0, 0.05) is 13.7 Å². The molecule has 15 heavy (non-hydrogen) atoms. The quantitative estimate of drug-likeness (QED) is 0.683. The van der Waals surface area contributed by atoms with Crippen LogP contribution in [0.15, 0.2) is 0 Å². The molecule has 0 N–H and O–H groups in total. The van der Waals surface area contributed by atoms with E-state index in [0.717, 1.165) is 5.92 Å². The fourth-order valence-electron chi connectivity index (χ4n) is 1.41. The van der Waals surface area contributed by atoms with Gasteiger partial charge in [0.2, 0.25) is 0 Å². The summed E-state index contributed by atoms with van der Waals surface area (Å²) in [5.74, 6) is 0.933. The third-order valence-corrected chi connectivity index (χ3v) is 1.81. The van der Waals surface area contributed by atoms with Crippen LogP contribution in [-0.2, 0) is 9.53 Å². The minimum absolute atomic E-state index is 0.0671. The van der Waals surface area contributed by atoms with Crippen LogP contribution in [0, 0.1) is 5.92 Å². The van der Waals surface area contributed by atoms with Gasteiger partial charge in [-0.15, -0.1) is 0 Å². The number of methoxy groups -OCH3 is 1. The Hall–Kier alpha value is -0.410. The molecule has 0 spiro atoms. The Morgan fingerprint density at radius 2 is 1.93 bits per heavy atom. The second-order valence-electron chi connectivity index (χ2n) is 4.29. The van der Waals surface area contributed by atoms with Crippen LogP contribution in [0.3, 0.4) is 0 Å². The Balaban J connectivity index is 0. The van der Waals surface area contributed by atoms with Crippen LogP contribution in [0.5, 0.6) is 0 Å². The predicted molar refractivity (Wildman–Crippen MR) is 65.2 cm³/mol. The second kappa shape index (κ2) is 11.7. The van der Waals surface area contributed by atoms with Crippen molar-refractivity contribution in [3.63, 3.8) is 0 Å². The highest BCUT2D eigenvalue weighted by Crippen LogP contribution is 2.04. The van der Waals surface area contributed by atoms with Gasteiger partial charge in [-0.05, 0) is 33.4 Å². The summed E-state index contributed by atoms with van der Waals surface area (Å²) in [6.45, 7) is 7.51. The normalized spacial score (nSPS) is 11.9. The summed E-state index contributed by atoms with van der Waals surface area (Å²) >= 11 is 0. The van der Waals surface area contributed by atoms with Crippen molar-refractivity contribution in [1.29, 1.82) is 0 Å². The Morgan fingerprint density at radius 3 is 2.13 bits per heavy atom. The van der Waals surface area contributed by atoms with Crippen LogP contribution in [-0.4, -0.2) is 45.0 Å². The first-order valence-corrected chi connectivity index (χ1v) is 5.57. The third-order valence-electron chi connectivity index (χ3n) is 1.81. The van der Waals surface area contributed by atoms with Gasteiger partial charge in [0.25, 0.3) is 0 Å². The van der Waals surface area contributed by atoms with Crippen LogP contribution in [0.2, 0.25) is 0 Å². The van der Waals surface area contributed by atoms with E-state index in [1.807, 2.05) is 0 Å². The van der Waals surface area contributed by atoms with Crippen molar-refractivity contribution in [2.24, 2.45) is 5.92 Å². The maximum atomic E-state index is 9.92. The first-order chi connectivity index (χ1) is 6.93. The third kappa shape index (κ3) is 19.8. The van der Waals surface area contributed by atoms with Crippen molar-refractivity contribution in [2.75, 3.05) is 34.4 Å². The summed E-state index contributed by atoms with van der Waals surface area (Å²) in [4.78, 5) is 12.2. The molecular weight excluding hydrogens is 190 g/mol. The molecule has 3 heteroatoms. The highest BCUT2D eigenvalue weighted by Gasteiger charge is 1.99. The number of rotatable bonds is 6. The van der Waals surface area contributed by atoms with Crippen molar-refractivity contribution < 1.29 is 9.53 Å². The number of ketones is 1. The first kappa shape index (κ1) is 17.0. The molecule has 0 radical (unpaired) electrons. The van der Waals surface area contributed by atoms with Gasteiger partial charge in [-0.25, -0.2) is 0 Å². The van der Waals surface area contributed by atoms with Crippen molar-refractivity contribution in [1.82, 2.24) is 4.90 Å². The van der Waals surface area contributed by atoms with E-state index in [-0.39, 0.29) is 12.4 Å². The molecule has 0 saturated carbocycles. The van der Waals surface area contributed by atoms with Gasteiger partial charge in [-0.2, -0.15) is 0 Å². The Bertz CT molecular complexity index is 147. The van der Waals surface area contributed by atoms with E-state index < -0.39 is 0 Å². The highest BCUT2D eigenvalue weighted by molar-refractivity contribution is 5.76. The topological polar surface area (TPSA) is 29.5 Å². The maximum Gasteiger partial charge on any atom is 0.155 e. The van der Waals surface area contributed by atoms with Crippen LogP contribution in [0.4, 0.5) is 0 Å². The molecular formula is C12H27NO2. The lowest BCUT2D eigenvalue weighted by molar-refractivity contribution is -0.120. The Kier molecular flexibility index (Phi) is 13.2. The van der Waals surface area contributed by atoms with E-state index in [0.29, 0.717) is 0 Å². The van der Waals surface area contributed by atoms with E-state index in [9.17, 15) is 4.79 Å². The SMILES string of the molecule is CCCC(C)CN(C)C.COCC(C)=O. The molecule has 0 aromatic heterocycles. The molecule has 0 bridgehead atoms. The summed E-state index contributed by atoms with van der Waals surface area (Å²) in [6.07, 6.45) is 2.67. The van der Waals surface area contributed by atoms with Gasteiger partial charge in [0.15, 0.2) is 5.78 Å². The molecule has 0 aliphatic rings. The standard InChI is InChI=1S/C8H19N.C4H8O2/c1-5-6-8(2)7-9(3)4;1-4(5)3-6-2/h8H,5-7H2,1-4H3;3H2,1-2H3. The molecule has 0 aromatic carbocycles. The monoisotopic (exact) mass is 217 g/mol. The number of hydrogen-bond donors (Lipinski definition) is 0. The van der Waals surface area contributed by atoms with Gasteiger partial charge in [-0.1, -0.05) is 20.3 Å². The van der Waals surface area contributed by atoms with Gasteiger partial charge in [-0.3, -0.25) is 4.79 Å². The Labute approximate surface area is 94.8 Å². The van der Waals surface area contributed by atoms with Crippen molar-refractivity contribution in [3.05, 3.63) is 0 Å². The lowest BCUT2D eigenvalue weighted by Gasteiger charge is -2.15. The number of hydrogen-bond acceptors (Lipinski definition) is 3. The molecule has 0 heterocycles. The molecule has 0 amide bonds. The average Bonchev–Trinajstić information content (AvgIpc) is 2.03. The van der Waals surface area contributed by atoms with Gasteiger partial charge in [0.1, 0.15) is 6.61 Å². The molecule has 0 rings (SSSR count). The fourth-order valence-corrected chi connectivity index (χ4v) is 1.41. The van der Waals surface area contributed by atoms with Crippen LogP contribution >= 0.6 is 0 Å². The second-order valence-corrected chi connectivity index (χ2v) is 4.29. The molecule has 0 aromatic rings. The van der Waals surface area contributed by atoms with E-state index >= 15 is 0 Å². The summed E-state index contributed by atoms with van der Waals surface area (Å²) < 4.78 is 4.45. The predicted octanol–water partition coefficient (Wildman–Crippen LogP) is 2.21. The van der Waals surface area contributed by atoms with Crippen molar-refractivity contribution >= 4 is 5.78 Å². The number of Topliss-reactive ketones (excluding diaryl/α,β-unsaturated/α-hetero) is 1. The maximum absolute atomic E-state index is 9.92. The molecule has 1 atom stereocenters. The summed E-state index contributed by atoms with van der Waals surface area (Å²) in [5, 5.41) is 0. The zero-order chi connectivity index (χ0) is 12.3. The molecule has 1 unspecified atom stereocenters. The lowest BCUT2D eigenvalue weighted by atomic mass is 10.1. The zero-order valence-electron chi connectivity index (χ0n) is 11.2. The zero-order valence-corrected chi connectivity index (χ0v) is 11.2. The smallest absolute Gasteiger partial charge is 0.155 e.